The van der Waals surface area contributed by atoms with Crippen molar-refractivity contribution in [3.63, 3.8) is 0 Å². The van der Waals surface area contributed by atoms with Gasteiger partial charge in [0.2, 0.25) is 0 Å². The van der Waals surface area contributed by atoms with Crippen molar-refractivity contribution in [2.45, 2.75) is 210 Å². The van der Waals surface area contributed by atoms with E-state index in [0.717, 1.165) is 37.7 Å². The number of hydrogen-bond donors (Lipinski definition) is 9. The summed E-state index contributed by atoms with van der Waals surface area (Å²) in [4.78, 5) is 12.6. The predicted octanol–water partition coefficient (Wildman–Crippen LogP) is 0.393. The van der Waals surface area contributed by atoms with Crippen LogP contribution in [0.15, 0.2) is 12.2 Å². The van der Waals surface area contributed by atoms with Crippen LogP contribution in [0, 0.1) is 51.2 Å². The van der Waals surface area contributed by atoms with Crippen molar-refractivity contribution in [1.82, 2.24) is 0 Å². The highest BCUT2D eigenvalue weighted by atomic mass is 16.8. The average Bonchev–Trinajstić information content (AvgIpc) is 3.90. The zero-order chi connectivity index (χ0) is 49.4. The highest BCUT2D eigenvalue weighted by Gasteiger charge is 2.82. The van der Waals surface area contributed by atoms with E-state index in [1.807, 2.05) is 13.8 Å². The maximum atomic E-state index is 12.8. The third kappa shape index (κ3) is 7.57. The molecule has 9 fully saturated rings. The minimum Gasteiger partial charge on any atom is -0.457 e. The summed E-state index contributed by atoms with van der Waals surface area (Å²) in [7, 11) is 0. The first-order chi connectivity index (χ1) is 31.8. The second kappa shape index (κ2) is 17.9. The minimum absolute atomic E-state index is 0.0597. The quantitative estimate of drug-likeness (QED) is 0.0770. The molecule has 68 heavy (non-hydrogen) atoms. The summed E-state index contributed by atoms with van der Waals surface area (Å²) in [5.41, 5.74) is -1.73. The third-order valence-corrected chi connectivity index (χ3v) is 19.6. The summed E-state index contributed by atoms with van der Waals surface area (Å²) in [6.45, 7) is 19.4. The van der Waals surface area contributed by atoms with E-state index >= 15 is 0 Å². The maximum absolute atomic E-state index is 12.8. The third-order valence-electron chi connectivity index (χ3n) is 19.6. The lowest BCUT2D eigenvalue weighted by Gasteiger charge is -2.70. The van der Waals surface area contributed by atoms with Crippen molar-refractivity contribution in [2.24, 2.45) is 51.2 Å². The molecule has 4 saturated carbocycles. The van der Waals surface area contributed by atoms with E-state index in [-0.39, 0.29) is 46.5 Å². The van der Waals surface area contributed by atoms with Crippen LogP contribution in [0.25, 0.3) is 0 Å². The second-order valence-electron chi connectivity index (χ2n) is 23.5. The minimum atomic E-state index is -1.81. The lowest BCUT2D eigenvalue weighted by Crippen LogP contribution is -2.71. The molecule has 19 nitrogen and oxygen atoms in total. The van der Waals surface area contributed by atoms with Gasteiger partial charge in [0, 0.05) is 30.6 Å². The fraction of sp³-hybridized carbons (Fsp3) is 0.939. The molecule has 2 bridgehead atoms. The van der Waals surface area contributed by atoms with Gasteiger partial charge in [0.25, 0.3) is 0 Å². The zero-order valence-electron chi connectivity index (χ0n) is 40.7. The molecule has 0 radical (unpaired) electrons. The van der Waals surface area contributed by atoms with Crippen molar-refractivity contribution in [2.75, 3.05) is 26.4 Å². The van der Waals surface area contributed by atoms with Gasteiger partial charge in [0.1, 0.15) is 72.7 Å². The molecule has 0 aromatic carbocycles. The molecule has 19 heteroatoms. The molecule has 9 aliphatic rings. The molecular weight excluding hydrogens is 893 g/mol. The van der Waals surface area contributed by atoms with E-state index in [1.165, 1.54) is 6.92 Å². The Labute approximate surface area is 398 Å². The van der Waals surface area contributed by atoms with E-state index in [1.54, 1.807) is 6.92 Å². The molecule has 0 aromatic heterocycles. The molecule has 0 aromatic rings. The van der Waals surface area contributed by atoms with Crippen molar-refractivity contribution >= 4 is 5.97 Å². The fourth-order valence-electron chi connectivity index (χ4n) is 16.1. The number of aliphatic hydroxyl groups is 9. The van der Waals surface area contributed by atoms with Crippen LogP contribution in [-0.4, -0.2) is 188 Å². The summed E-state index contributed by atoms with van der Waals surface area (Å²) >= 11 is 0. The van der Waals surface area contributed by atoms with Gasteiger partial charge in [-0.15, -0.1) is 0 Å². The SMILES string of the molecule is C=C(C)[C@H](C)[C@H]1O[C@]23C[C@]4(CO2)[C@H](CC[C@@H]2[C@@]5(C)CC[C@H](O[C@@H]6OC[C@H](O)[C@H](O[C@@H]7O[C@H](CO)[C@@H](O)[C@H](O)[C@H]7O)[C@H]6O[C@@H]6O[C@@H](CO)[C@H](O)[C@H]6O)C(C)(C)[C@@H]5CC[C@]24C)[C@H]3[C@@](C)(O)[C@@H]1OC(C)=O. The first kappa shape index (κ1) is 51.4. The summed E-state index contributed by atoms with van der Waals surface area (Å²) < 4.78 is 56.9. The van der Waals surface area contributed by atoms with Crippen LogP contribution < -0.4 is 0 Å². The monoisotopic (exact) mass is 971 g/mol. The van der Waals surface area contributed by atoms with Gasteiger partial charge in [-0.25, -0.2) is 0 Å². The van der Waals surface area contributed by atoms with Crippen molar-refractivity contribution in [3.05, 3.63) is 12.2 Å². The molecule has 5 heterocycles. The summed E-state index contributed by atoms with van der Waals surface area (Å²) in [5, 5.41) is 97.5. The number of rotatable bonds is 11. The Morgan fingerprint density at radius 3 is 2.00 bits per heavy atom. The Bertz CT molecular complexity index is 1880. The Morgan fingerprint density at radius 1 is 0.765 bits per heavy atom. The lowest BCUT2D eigenvalue weighted by molar-refractivity contribution is -0.378. The van der Waals surface area contributed by atoms with Crippen LogP contribution in [0.5, 0.6) is 0 Å². The van der Waals surface area contributed by atoms with Crippen LogP contribution in [0.1, 0.15) is 100 Å². The van der Waals surface area contributed by atoms with Gasteiger partial charge < -0.3 is 88.6 Å². The molecular formula is C49H78O19. The van der Waals surface area contributed by atoms with Gasteiger partial charge in [0.05, 0.1) is 32.5 Å². The molecule has 5 aliphatic heterocycles. The van der Waals surface area contributed by atoms with Crippen molar-refractivity contribution < 1.29 is 93.4 Å². The number of carbonyl (C=O) groups excluding carboxylic acids is 1. The summed E-state index contributed by atoms with van der Waals surface area (Å²) in [5.74, 6) is -1.69. The number of fused-ring (bicyclic) bond motifs is 4. The van der Waals surface area contributed by atoms with Crippen molar-refractivity contribution in [3.8, 4) is 0 Å². The van der Waals surface area contributed by atoms with Crippen LogP contribution in [0.2, 0.25) is 0 Å². The normalized spacial score (nSPS) is 55.4. The van der Waals surface area contributed by atoms with Crippen LogP contribution in [-0.2, 0) is 47.4 Å². The van der Waals surface area contributed by atoms with E-state index < -0.39 is 140 Å². The Morgan fingerprint density at radius 2 is 1.38 bits per heavy atom. The molecule has 0 unspecified atom stereocenters. The van der Waals surface area contributed by atoms with E-state index in [2.05, 4.69) is 34.3 Å². The summed E-state index contributed by atoms with van der Waals surface area (Å²) in [6, 6.07) is 0. The van der Waals surface area contributed by atoms with Crippen LogP contribution in [0.3, 0.4) is 0 Å². The largest absolute Gasteiger partial charge is 0.457 e. The highest BCUT2D eigenvalue weighted by molar-refractivity contribution is 5.66. The molecule has 9 N–H and O–H groups in total. The Hall–Kier alpha value is -1.47. The van der Waals surface area contributed by atoms with Gasteiger partial charge in [-0.2, -0.15) is 0 Å². The first-order valence-electron chi connectivity index (χ1n) is 24.9. The van der Waals surface area contributed by atoms with Gasteiger partial charge in [-0.1, -0.05) is 46.8 Å². The maximum Gasteiger partial charge on any atom is 0.303 e. The average molecular weight is 971 g/mol. The standard InChI is InChI=1S/C49H78O19/c1-21(2)22(3)36-40(62-23(4)52)47(9,59)39-24-10-11-29-45(7)14-13-30(44(5,6)28(45)12-15-46(29,8)48(24)19-49(39,68-36)61-20-48)65-43-38(67-41-34(57)32(55)27(17-51)64-41)37(25(53)18-60-43)66-42-35(58)33(56)31(54)26(16-50)63-42/h22,24-43,50-51,53-59H,1,10-20H2,2-9H3/t22-,24+,25-,26+,27-,28-,29+,30-,31+,32-,33-,34+,35+,36+,37-,38+,39-,40+,41-,42-,43-,45-,46+,47+,48-,49-/m0/s1. The smallest absolute Gasteiger partial charge is 0.303 e. The molecule has 2 spiro atoms. The van der Waals surface area contributed by atoms with Crippen LogP contribution in [0.4, 0.5) is 0 Å². The number of esters is 1. The van der Waals surface area contributed by atoms with Crippen molar-refractivity contribution in [1.29, 1.82) is 0 Å². The molecule has 5 saturated heterocycles. The Balaban J connectivity index is 0.978. The molecule has 9 rings (SSSR count). The van der Waals surface area contributed by atoms with E-state index in [9.17, 15) is 50.8 Å². The van der Waals surface area contributed by atoms with E-state index in [4.69, 9.17) is 42.6 Å². The van der Waals surface area contributed by atoms with Crippen LogP contribution >= 0.6 is 0 Å². The zero-order valence-corrected chi connectivity index (χ0v) is 40.7. The lowest BCUT2D eigenvalue weighted by atomic mass is 9.35. The number of aliphatic hydroxyl groups excluding tert-OH is 8. The van der Waals surface area contributed by atoms with Gasteiger partial charge in [-0.05, 0) is 86.4 Å². The first-order valence-corrected chi connectivity index (χ1v) is 24.9. The number of ether oxygens (including phenoxy) is 9. The summed E-state index contributed by atoms with van der Waals surface area (Å²) in [6.07, 6.45) is -16.1. The van der Waals surface area contributed by atoms with E-state index in [0.29, 0.717) is 19.4 Å². The predicted molar refractivity (Wildman–Crippen MR) is 234 cm³/mol. The highest BCUT2D eigenvalue weighted by Crippen LogP contribution is 2.80. The molecule has 26 atom stereocenters. The number of carbonyl (C=O) groups is 1. The Kier molecular flexibility index (Phi) is 13.5. The second-order valence-corrected chi connectivity index (χ2v) is 23.5. The van der Waals surface area contributed by atoms with Gasteiger partial charge in [0.15, 0.2) is 30.8 Å². The molecule has 0 amide bonds. The number of hydrogen-bond acceptors (Lipinski definition) is 19. The molecule has 4 aliphatic carbocycles. The van der Waals surface area contributed by atoms with Gasteiger partial charge in [-0.3, -0.25) is 4.79 Å². The topological polar surface area (TPSA) is 282 Å². The van der Waals surface area contributed by atoms with Gasteiger partial charge >= 0.3 is 5.97 Å². The fourth-order valence-corrected chi connectivity index (χ4v) is 16.1. The molecule has 388 valence electrons.